The Kier molecular flexibility index (Phi) is 7.86. The predicted molar refractivity (Wildman–Crippen MR) is 114 cm³/mol. The number of aliphatic hydroxyl groups excluding tert-OH is 1. The van der Waals surface area contributed by atoms with E-state index < -0.39 is 0 Å². The molecule has 4 rings (SSSR count). The van der Waals surface area contributed by atoms with Gasteiger partial charge in [0.2, 0.25) is 0 Å². The molecule has 2 aliphatic rings. The van der Waals surface area contributed by atoms with Crippen LogP contribution >= 0.6 is 23.4 Å². The predicted octanol–water partition coefficient (Wildman–Crippen LogP) is 1.24. The van der Waals surface area contributed by atoms with E-state index in [1.54, 1.807) is 0 Å². The van der Waals surface area contributed by atoms with Crippen molar-refractivity contribution in [1.29, 1.82) is 0 Å². The summed E-state index contributed by atoms with van der Waals surface area (Å²) in [4.78, 5) is 7.45. The largest absolute Gasteiger partial charge is 1.00 e. The Morgan fingerprint density at radius 2 is 1.61 bits per heavy atom. The summed E-state index contributed by atoms with van der Waals surface area (Å²) in [6.45, 7) is 6.39. The molecular formula is C22H25Cl2N2OS-. The summed E-state index contributed by atoms with van der Waals surface area (Å²) >= 11 is 8.12. The van der Waals surface area contributed by atoms with Crippen molar-refractivity contribution in [3.63, 3.8) is 0 Å². The fourth-order valence-electron chi connectivity index (χ4n) is 3.83. The Morgan fingerprint density at radius 3 is 2.36 bits per heavy atom. The van der Waals surface area contributed by atoms with Crippen LogP contribution < -0.4 is 12.4 Å². The highest BCUT2D eigenvalue weighted by Gasteiger charge is 2.21. The molecule has 0 spiro atoms. The van der Waals surface area contributed by atoms with Gasteiger partial charge in [0.05, 0.1) is 6.61 Å². The minimum Gasteiger partial charge on any atom is -1.00 e. The molecule has 0 aromatic heterocycles. The molecule has 0 aliphatic carbocycles. The lowest BCUT2D eigenvalue weighted by Gasteiger charge is -2.34. The quantitative estimate of drug-likeness (QED) is 0.651. The molecule has 1 fully saturated rings. The maximum absolute atomic E-state index is 9.08. The van der Waals surface area contributed by atoms with Gasteiger partial charge in [-0.2, -0.15) is 0 Å². The van der Waals surface area contributed by atoms with Gasteiger partial charge >= 0.3 is 0 Å². The van der Waals surface area contributed by atoms with Crippen LogP contribution in [0, 0.1) is 0 Å². The summed E-state index contributed by atoms with van der Waals surface area (Å²) in [6, 6.07) is 14.8. The zero-order valence-corrected chi connectivity index (χ0v) is 18.1. The first-order valence-corrected chi connectivity index (χ1v) is 10.8. The number of benzene rings is 2. The van der Waals surface area contributed by atoms with Crippen molar-refractivity contribution in [2.45, 2.75) is 16.2 Å². The van der Waals surface area contributed by atoms with Crippen LogP contribution in [0.15, 0.2) is 58.3 Å². The van der Waals surface area contributed by atoms with Gasteiger partial charge in [-0.1, -0.05) is 47.6 Å². The van der Waals surface area contributed by atoms with Gasteiger partial charge in [0.1, 0.15) is 0 Å². The molecule has 2 heterocycles. The maximum atomic E-state index is 9.08. The normalized spacial score (nSPS) is 18.4. The van der Waals surface area contributed by atoms with E-state index in [4.69, 9.17) is 16.7 Å². The molecule has 2 aliphatic heterocycles. The van der Waals surface area contributed by atoms with Crippen LogP contribution in [-0.4, -0.2) is 60.8 Å². The molecule has 2 aromatic carbocycles. The second kappa shape index (κ2) is 10.1. The molecule has 0 atom stereocenters. The number of piperazine rings is 1. The molecule has 0 saturated carbocycles. The van der Waals surface area contributed by atoms with Crippen molar-refractivity contribution in [3.8, 4) is 0 Å². The minimum absolute atomic E-state index is 0. The third kappa shape index (κ3) is 4.93. The summed E-state index contributed by atoms with van der Waals surface area (Å²) < 4.78 is 0. The van der Waals surface area contributed by atoms with E-state index >= 15 is 0 Å². The number of rotatable bonds is 5. The van der Waals surface area contributed by atoms with Gasteiger partial charge in [-0.25, -0.2) is 0 Å². The highest BCUT2D eigenvalue weighted by atomic mass is 35.5. The van der Waals surface area contributed by atoms with Crippen molar-refractivity contribution in [3.05, 3.63) is 64.7 Å². The fraction of sp³-hybridized carbons (Fsp3) is 0.364. The Morgan fingerprint density at radius 1 is 0.929 bits per heavy atom. The van der Waals surface area contributed by atoms with Crippen LogP contribution in [-0.2, 0) is 0 Å². The Bertz CT molecular complexity index is 835. The molecule has 3 nitrogen and oxygen atoms in total. The Labute approximate surface area is 182 Å². The van der Waals surface area contributed by atoms with Gasteiger partial charge in [-0.05, 0) is 47.4 Å². The first-order valence-electron chi connectivity index (χ1n) is 9.57. The molecule has 150 valence electrons. The number of nitrogens with zero attached hydrogens (tertiary/aromatic N) is 2. The standard InChI is InChI=1S/C22H25ClN2OS.ClH/c23-17-7-8-22-20(16-17)18(19-4-1-2-6-21(19)27-22)5-3-9-24-10-12-25(13-11-24)14-15-26;/h1-2,4-8,16,26H,3,9-15H2;1H/p-1/b18-5-;. The Balaban J connectivity index is 0.00000225. The molecule has 1 N–H and O–H groups in total. The average molecular weight is 436 g/mol. The third-order valence-electron chi connectivity index (χ3n) is 5.30. The van der Waals surface area contributed by atoms with Crippen LogP contribution in [0.5, 0.6) is 0 Å². The van der Waals surface area contributed by atoms with Gasteiger partial charge in [0, 0.05) is 54.1 Å². The lowest BCUT2D eigenvalue weighted by atomic mass is 9.96. The van der Waals surface area contributed by atoms with Gasteiger partial charge in [-0.3, -0.25) is 4.90 Å². The van der Waals surface area contributed by atoms with Crippen LogP contribution in [0.1, 0.15) is 17.5 Å². The fourth-order valence-corrected chi connectivity index (χ4v) is 5.09. The number of aliphatic hydroxyl groups is 1. The van der Waals surface area contributed by atoms with E-state index in [0.29, 0.717) is 0 Å². The van der Waals surface area contributed by atoms with Crippen LogP contribution in [0.3, 0.4) is 0 Å². The molecule has 1 saturated heterocycles. The molecule has 0 unspecified atom stereocenters. The van der Waals surface area contributed by atoms with E-state index in [0.717, 1.165) is 50.7 Å². The first-order chi connectivity index (χ1) is 13.2. The van der Waals surface area contributed by atoms with E-state index in [9.17, 15) is 0 Å². The number of β-amino-alcohol motifs (C(OH)–C–C–N with tert-alkyl or cyclic N) is 1. The molecule has 28 heavy (non-hydrogen) atoms. The average Bonchev–Trinajstić information content (AvgIpc) is 2.69. The monoisotopic (exact) mass is 435 g/mol. The molecule has 2 aromatic rings. The number of hydrogen-bond donors (Lipinski definition) is 1. The van der Waals surface area contributed by atoms with Crippen molar-refractivity contribution >= 4 is 28.9 Å². The second-order valence-electron chi connectivity index (χ2n) is 7.05. The summed E-state index contributed by atoms with van der Waals surface area (Å²) in [5.74, 6) is 0. The SMILES string of the molecule is OCCN1CCN(CC/C=C2/c3ccccc3Sc3ccc(Cl)cc32)CC1.[Cl-]. The van der Waals surface area contributed by atoms with Gasteiger partial charge in [0.25, 0.3) is 0 Å². The summed E-state index contributed by atoms with van der Waals surface area (Å²) in [5, 5.41) is 9.87. The Hall–Kier alpha value is -1.01. The number of hydrogen-bond acceptors (Lipinski definition) is 4. The molecule has 0 amide bonds. The zero-order chi connectivity index (χ0) is 18.6. The lowest BCUT2D eigenvalue weighted by Crippen LogP contribution is -3.00. The van der Waals surface area contributed by atoms with Crippen molar-refractivity contribution in [2.75, 3.05) is 45.9 Å². The highest BCUT2D eigenvalue weighted by Crippen LogP contribution is 2.46. The molecular weight excluding hydrogens is 411 g/mol. The van der Waals surface area contributed by atoms with Crippen molar-refractivity contribution in [1.82, 2.24) is 9.80 Å². The van der Waals surface area contributed by atoms with Crippen LogP contribution in [0.2, 0.25) is 5.02 Å². The molecule has 6 heteroatoms. The summed E-state index contributed by atoms with van der Waals surface area (Å²) in [5.41, 5.74) is 3.87. The third-order valence-corrected chi connectivity index (χ3v) is 6.69. The first kappa shape index (κ1) is 21.7. The highest BCUT2D eigenvalue weighted by molar-refractivity contribution is 7.99. The smallest absolute Gasteiger partial charge is 0.0558 e. The molecule has 0 bridgehead atoms. The zero-order valence-electron chi connectivity index (χ0n) is 15.8. The maximum Gasteiger partial charge on any atom is 0.0558 e. The summed E-state index contributed by atoms with van der Waals surface area (Å²) in [7, 11) is 0. The topological polar surface area (TPSA) is 26.7 Å². The van der Waals surface area contributed by atoms with Crippen molar-refractivity contribution in [2.24, 2.45) is 0 Å². The van der Waals surface area contributed by atoms with E-state index in [1.165, 1.54) is 26.5 Å². The minimum atomic E-state index is 0. The van der Waals surface area contributed by atoms with Crippen LogP contribution in [0.4, 0.5) is 0 Å². The van der Waals surface area contributed by atoms with E-state index in [1.807, 2.05) is 17.8 Å². The number of halogens is 2. The van der Waals surface area contributed by atoms with E-state index in [2.05, 4.69) is 52.3 Å². The van der Waals surface area contributed by atoms with Gasteiger partial charge in [0.15, 0.2) is 0 Å². The second-order valence-corrected chi connectivity index (χ2v) is 8.57. The van der Waals surface area contributed by atoms with Crippen molar-refractivity contribution < 1.29 is 17.5 Å². The van der Waals surface area contributed by atoms with E-state index in [-0.39, 0.29) is 19.0 Å². The lowest BCUT2D eigenvalue weighted by molar-refractivity contribution is -0.00000642. The molecule has 0 radical (unpaired) electrons. The van der Waals surface area contributed by atoms with Gasteiger partial charge in [-0.15, -0.1) is 0 Å². The van der Waals surface area contributed by atoms with Gasteiger partial charge < -0.3 is 22.4 Å². The summed E-state index contributed by atoms with van der Waals surface area (Å²) in [6.07, 6.45) is 3.41. The number of fused-ring (bicyclic) bond motifs is 2. The van der Waals surface area contributed by atoms with Crippen LogP contribution in [0.25, 0.3) is 5.57 Å².